The third-order valence-electron chi connectivity index (χ3n) is 2.59. The smallest absolute Gasteiger partial charge is 0.308 e. The highest BCUT2D eigenvalue weighted by Crippen LogP contribution is 2.30. The summed E-state index contributed by atoms with van der Waals surface area (Å²) in [6, 6.07) is 5.23. The van der Waals surface area contributed by atoms with Crippen LogP contribution in [0.5, 0.6) is 11.5 Å². The van der Waals surface area contributed by atoms with Gasteiger partial charge >= 0.3 is 5.97 Å². The predicted octanol–water partition coefficient (Wildman–Crippen LogP) is 1.78. The molecule has 5 nitrogen and oxygen atoms in total. The van der Waals surface area contributed by atoms with E-state index in [0.717, 1.165) is 18.4 Å². The van der Waals surface area contributed by atoms with Gasteiger partial charge in [-0.25, -0.2) is 0 Å². The van der Waals surface area contributed by atoms with E-state index in [1.54, 1.807) is 12.1 Å². The maximum atomic E-state index is 10.9. The molecule has 0 spiro atoms. The van der Waals surface area contributed by atoms with Crippen molar-refractivity contribution in [1.29, 1.82) is 0 Å². The lowest BCUT2D eigenvalue weighted by atomic mass is 10.0. The van der Waals surface area contributed by atoms with Gasteiger partial charge in [-0.2, -0.15) is 0 Å². The molecule has 0 aliphatic rings. The van der Waals surface area contributed by atoms with E-state index in [1.165, 1.54) is 14.0 Å². The van der Waals surface area contributed by atoms with Crippen LogP contribution < -0.4 is 20.9 Å². The molecule has 6 heteroatoms. The van der Waals surface area contributed by atoms with Crippen molar-refractivity contribution >= 4 is 18.4 Å². The standard InChI is InChI=1S/C13H20N2O3.ClH/c1-9(16)18-12-6-5-10(8-13(12)17-2)11(15)4-3-7-14;/h5-6,8,11H,3-4,7,14-15H2,1-2H3;1H/t11-;/m1./s1. The molecule has 0 fully saturated rings. The molecule has 0 radical (unpaired) electrons. The van der Waals surface area contributed by atoms with Crippen LogP contribution in [0.3, 0.4) is 0 Å². The molecule has 4 N–H and O–H groups in total. The Morgan fingerprint density at radius 2 is 2.05 bits per heavy atom. The van der Waals surface area contributed by atoms with Gasteiger partial charge in [0, 0.05) is 13.0 Å². The molecule has 1 rings (SSSR count). The van der Waals surface area contributed by atoms with E-state index in [0.29, 0.717) is 18.0 Å². The Hall–Kier alpha value is -1.30. The second-order valence-electron chi connectivity index (χ2n) is 4.04. The van der Waals surface area contributed by atoms with Crippen LogP contribution in [-0.2, 0) is 4.79 Å². The zero-order chi connectivity index (χ0) is 13.5. The Morgan fingerprint density at radius 3 is 2.58 bits per heavy atom. The molecule has 1 aromatic carbocycles. The van der Waals surface area contributed by atoms with Crippen LogP contribution in [0, 0.1) is 0 Å². The van der Waals surface area contributed by atoms with Crippen molar-refractivity contribution in [2.24, 2.45) is 11.5 Å². The molecule has 0 aliphatic heterocycles. The van der Waals surface area contributed by atoms with E-state index in [9.17, 15) is 4.79 Å². The number of rotatable bonds is 6. The molecule has 0 saturated carbocycles. The monoisotopic (exact) mass is 288 g/mol. The highest BCUT2D eigenvalue weighted by molar-refractivity contribution is 5.85. The number of nitrogens with two attached hydrogens (primary N) is 2. The van der Waals surface area contributed by atoms with Gasteiger partial charge in [0.25, 0.3) is 0 Å². The first kappa shape index (κ1) is 17.7. The number of benzene rings is 1. The quantitative estimate of drug-likeness (QED) is 0.615. The normalized spacial score (nSPS) is 11.4. The Bertz CT molecular complexity index is 413. The van der Waals surface area contributed by atoms with Gasteiger partial charge in [-0.05, 0) is 37.1 Å². The summed E-state index contributed by atoms with van der Waals surface area (Å²) in [5.74, 6) is 0.527. The summed E-state index contributed by atoms with van der Waals surface area (Å²) in [7, 11) is 1.53. The highest BCUT2D eigenvalue weighted by atomic mass is 35.5. The second-order valence-corrected chi connectivity index (χ2v) is 4.04. The molecule has 0 aromatic heterocycles. The minimum absolute atomic E-state index is 0. The van der Waals surface area contributed by atoms with Crippen LogP contribution in [0.1, 0.15) is 31.4 Å². The van der Waals surface area contributed by atoms with Crippen LogP contribution >= 0.6 is 12.4 Å². The number of hydrogen-bond acceptors (Lipinski definition) is 5. The number of esters is 1. The van der Waals surface area contributed by atoms with Crippen LogP contribution in [-0.4, -0.2) is 19.6 Å². The van der Waals surface area contributed by atoms with E-state index in [2.05, 4.69) is 0 Å². The summed E-state index contributed by atoms with van der Waals surface area (Å²) in [6.07, 6.45) is 1.68. The third kappa shape index (κ3) is 5.46. The fourth-order valence-corrected chi connectivity index (χ4v) is 1.66. The molecule has 0 amide bonds. The van der Waals surface area contributed by atoms with Gasteiger partial charge in [0.15, 0.2) is 11.5 Å². The molecule has 1 aromatic rings. The Balaban J connectivity index is 0.00000324. The van der Waals surface area contributed by atoms with Gasteiger partial charge in [0.2, 0.25) is 0 Å². The summed E-state index contributed by atoms with van der Waals surface area (Å²) in [5.41, 5.74) is 12.4. The van der Waals surface area contributed by atoms with Gasteiger partial charge in [0.1, 0.15) is 0 Å². The largest absolute Gasteiger partial charge is 0.493 e. The van der Waals surface area contributed by atoms with E-state index in [-0.39, 0.29) is 24.4 Å². The molecule has 0 unspecified atom stereocenters. The molecular formula is C13H21ClN2O3. The van der Waals surface area contributed by atoms with Crippen molar-refractivity contribution < 1.29 is 14.3 Å². The number of ether oxygens (including phenoxy) is 2. The van der Waals surface area contributed by atoms with Crippen molar-refractivity contribution in [2.45, 2.75) is 25.8 Å². The molecule has 0 heterocycles. The van der Waals surface area contributed by atoms with Gasteiger partial charge in [-0.1, -0.05) is 6.07 Å². The van der Waals surface area contributed by atoms with E-state index in [4.69, 9.17) is 20.9 Å². The Kier molecular flexibility index (Phi) is 8.14. The molecule has 19 heavy (non-hydrogen) atoms. The van der Waals surface area contributed by atoms with E-state index < -0.39 is 0 Å². The minimum Gasteiger partial charge on any atom is -0.493 e. The molecule has 108 valence electrons. The lowest BCUT2D eigenvalue weighted by Crippen LogP contribution is -2.13. The lowest BCUT2D eigenvalue weighted by molar-refractivity contribution is -0.132. The Morgan fingerprint density at radius 1 is 1.37 bits per heavy atom. The number of carbonyl (C=O) groups excluding carboxylic acids is 1. The number of methoxy groups -OCH3 is 1. The van der Waals surface area contributed by atoms with Gasteiger partial charge in [-0.3, -0.25) is 4.79 Å². The van der Waals surface area contributed by atoms with E-state index >= 15 is 0 Å². The summed E-state index contributed by atoms with van der Waals surface area (Å²) in [4.78, 5) is 10.9. The first-order valence-corrected chi connectivity index (χ1v) is 5.90. The summed E-state index contributed by atoms with van der Waals surface area (Å²) in [5, 5.41) is 0. The summed E-state index contributed by atoms with van der Waals surface area (Å²) in [6.45, 7) is 1.97. The molecule has 1 atom stereocenters. The molecule has 0 bridgehead atoms. The minimum atomic E-state index is -0.381. The molecular weight excluding hydrogens is 268 g/mol. The average molecular weight is 289 g/mol. The van der Waals surface area contributed by atoms with E-state index in [1.807, 2.05) is 6.07 Å². The average Bonchev–Trinajstić information content (AvgIpc) is 2.35. The summed E-state index contributed by atoms with van der Waals surface area (Å²) < 4.78 is 10.2. The fourth-order valence-electron chi connectivity index (χ4n) is 1.66. The van der Waals surface area contributed by atoms with Crippen LogP contribution in [0.2, 0.25) is 0 Å². The van der Waals surface area contributed by atoms with Crippen molar-refractivity contribution in [3.05, 3.63) is 23.8 Å². The predicted molar refractivity (Wildman–Crippen MR) is 76.8 cm³/mol. The van der Waals surface area contributed by atoms with Gasteiger partial charge < -0.3 is 20.9 Å². The topological polar surface area (TPSA) is 87.6 Å². The third-order valence-corrected chi connectivity index (χ3v) is 2.59. The number of hydrogen-bond donors (Lipinski definition) is 2. The van der Waals surface area contributed by atoms with Crippen LogP contribution in [0.4, 0.5) is 0 Å². The number of carbonyl (C=O) groups is 1. The fraction of sp³-hybridized carbons (Fsp3) is 0.462. The van der Waals surface area contributed by atoms with Crippen molar-refractivity contribution in [3.8, 4) is 11.5 Å². The number of halogens is 1. The highest BCUT2D eigenvalue weighted by Gasteiger charge is 2.11. The van der Waals surface area contributed by atoms with Crippen LogP contribution in [0.25, 0.3) is 0 Å². The van der Waals surface area contributed by atoms with Gasteiger partial charge in [-0.15, -0.1) is 12.4 Å². The zero-order valence-corrected chi connectivity index (χ0v) is 12.0. The summed E-state index contributed by atoms with van der Waals surface area (Å²) >= 11 is 0. The maximum Gasteiger partial charge on any atom is 0.308 e. The zero-order valence-electron chi connectivity index (χ0n) is 11.2. The van der Waals surface area contributed by atoms with Gasteiger partial charge in [0.05, 0.1) is 7.11 Å². The molecule has 0 aliphatic carbocycles. The second kappa shape index (κ2) is 8.74. The maximum absolute atomic E-state index is 10.9. The van der Waals surface area contributed by atoms with Crippen molar-refractivity contribution in [1.82, 2.24) is 0 Å². The SMILES string of the molecule is COc1cc([C@H](N)CCCN)ccc1OC(C)=O.Cl. The first-order valence-electron chi connectivity index (χ1n) is 5.90. The molecule has 0 saturated heterocycles. The van der Waals surface area contributed by atoms with Crippen molar-refractivity contribution in [3.63, 3.8) is 0 Å². The van der Waals surface area contributed by atoms with Crippen LogP contribution in [0.15, 0.2) is 18.2 Å². The Labute approximate surface area is 119 Å². The van der Waals surface area contributed by atoms with Crippen molar-refractivity contribution in [2.75, 3.05) is 13.7 Å². The lowest BCUT2D eigenvalue weighted by Gasteiger charge is -2.14. The first-order chi connectivity index (χ1) is 8.58.